The van der Waals surface area contributed by atoms with Crippen molar-refractivity contribution in [3.63, 3.8) is 0 Å². The first-order chi connectivity index (χ1) is 5.76. The van der Waals surface area contributed by atoms with Crippen LogP contribution < -0.4 is 0 Å². The molecule has 12 heavy (non-hydrogen) atoms. The van der Waals surface area contributed by atoms with E-state index < -0.39 is 0 Å². The Bertz CT molecular complexity index is 376. The number of nitrogens with zero attached hydrogens (tertiary/aromatic N) is 2. The van der Waals surface area contributed by atoms with Crippen LogP contribution in [0.4, 0.5) is 0 Å². The number of hydrogen-bond donors (Lipinski definition) is 0. The smallest absolute Gasteiger partial charge is 0.193 e. The van der Waals surface area contributed by atoms with E-state index in [4.69, 9.17) is 26.5 Å². The first-order valence-corrected chi connectivity index (χ1v) is 3.41. The molecule has 0 aromatic carbocycles. The third kappa shape index (κ3) is 1.88. The van der Waals surface area contributed by atoms with Gasteiger partial charge in [-0.1, -0.05) is 0 Å². The first kappa shape index (κ1) is 8.39. The van der Waals surface area contributed by atoms with Gasteiger partial charge in [0.15, 0.2) is 5.22 Å². The van der Waals surface area contributed by atoms with Gasteiger partial charge in [-0.2, -0.15) is 10.5 Å². The maximum Gasteiger partial charge on any atom is 0.193 e. The van der Waals surface area contributed by atoms with E-state index >= 15 is 0 Å². The number of nitriles is 2. The molecule has 3 nitrogen and oxygen atoms in total. The van der Waals surface area contributed by atoms with Crippen LogP contribution in [0.5, 0.6) is 0 Å². The maximum absolute atomic E-state index is 8.38. The van der Waals surface area contributed by atoms with E-state index in [9.17, 15) is 0 Å². The van der Waals surface area contributed by atoms with E-state index in [0.717, 1.165) is 0 Å². The fraction of sp³-hybridized carbons (Fsp3) is 0. The zero-order chi connectivity index (χ0) is 8.97. The summed E-state index contributed by atoms with van der Waals surface area (Å²) < 4.78 is 4.90. The van der Waals surface area contributed by atoms with Crippen molar-refractivity contribution in [3.05, 3.63) is 28.7 Å². The number of hydrogen-bond acceptors (Lipinski definition) is 3. The second-order valence-electron chi connectivity index (χ2n) is 1.92. The fourth-order valence-corrected chi connectivity index (χ4v) is 0.790. The SMILES string of the molecule is N#CC(C#N)=Cc1ccc(Cl)o1. The molecule has 0 aliphatic heterocycles. The normalized spacial score (nSPS) is 8.25. The van der Waals surface area contributed by atoms with Gasteiger partial charge in [0.25, 0.3) is 0 Å². The molecule has 0 amide bonds. The molecule has 58 valence electrons. The van der Waals surface area contributed by atoms with Crippen LogP contribution in [0, 0.1) is 22.7 Å². The average Bonchev–Trinajstić information content (AvgIpc) is 2.47. The predicted molar refractivity (Wildman–Crippen MR) is 42.9 cm³/mol. The predicted octanol–water partition coefficient (Wildman–Crippen LogP) is 2.36. The molecule has 0 aliphatic carbocycles. The molecule has 1 heterocycles. The standard InChI is InChI=1S/C8H3ClN2O/c9-8-2-1-7(12-8)3-6(4-10)5-11/h1-3H. The van der Waals surface area contributed by atoms with E-state index in [1.165, 1.54) is 6.08 Å². The highest BCUT2D eigenvalue weighted by molar-refractivity contribution is 6.28. The molecule has 0 fully saturated rings. The van der Waals surface area contributed by atoms with Crippen molar-refractivity contribution in [2.45, 2.75) is 0 Å². The summed E-state index contributed by atoms with van der Waals surface area (Å²) in [4.78, 5) is 0. The highest BCUT2D eigenvalue weighted by Crippen LogP contribution is 2.15. The number of halogens is 1. The topological polar surface area (TPSA) is 60.7 Å². The molecular formula is C8H3ClN2O. The van der Waals surface area contributed by atoms with Gasteiger partial charge in [-0.3, -0.25) is 0 Å². The lowest BCUT2D eigenvalue weighted by Crippen LogP contribution is -1.70. The van der Waals surface area contributed by atoms with Gasteiger partial charge >= 0.3 is 0 Å². The number of rotatable bonds is 1. The Kier molecular flexibility index (Phi) is 2.53. The first-order valence-electron chi connectivity index (χ1n) is 3.03. The van der Waals surface area contributed by atoms with Crippen LogP contribution in [0.3, 0.4) is 0 Å². The van der Waals surface area contributed by atoms with Gasteiger partial charge in [0.1, 0.15) is 23.5 Å². The second kappa shape index (κ2) is 3.61. The van der Waals surface area contributed by atoms with Crippen molar-refractivity contribution in [2.24, 2.45) is 0 Å². The van der Waals surface area contributed by atoms with E-state index in [-0.39, 0.29) is 10.8 Å². The minimum Gasteiger partial charge on any atom is -0.445 e. The van der Waals surface area contributed by atoms with Gasteiger partial charge in [0, 0.05) is 6.08 Å². The lowest BCUT2D eigenvalue weighted by Gasteiger charge is -1.81. The van der Waals surface area contributed by atoms with Crippen LogP contribution in [0.1, 0.15) is 5.76 Å². The molecule has 1 rings (SSSR count). The quantitative estimate of drug-likeness (QED) is 0.621. The second-order valence-corrected chi connectivity index (χ2v) is 2.30. The molecule has 0 N–H and O–H groups in total. The van der Waals surface area contributed by atoms with E-state index in [1.54, 1.807) is 24.3 Å². The van der Waals surface area contributed by atoms with Crippen molar-refractivity contribution < 1.29 is 4.42 Å². The van der Waals surface area contributed by atoms with Gasteiger partial charge < -0.3 is 4.42 Å². The lowest BCUT2D eigenvalue weighted by atomic mass is 10.3. The van der Waals surface area contributed by atoms with Crippen LogP contribution in [0.25, 0.3) is 6.08 Å². The lowest BCUT2D eigenvalue weighted by molar-refractivity contribution is 0.559. The van der Waals surface area contributed by atoms with Gasteiger partial charge in [0.05, 0.1) is 0 Å². The van der Waals surface area contributed by atoms with Crippen LogP contribution in [-0.2, 0) is 0 Å². The summed E-state index contributed by atoms with van der Waals surface area (Å²) in [6, 6.07) is 6.53. The Morgan fingerprint density at radius 2 is 2.08 bits per heavy atom. The molecule has 0 atom stereocenters. The number of furan rings is 1. The molecule has 1 aromatic rings. The molecule has 0 saturated carbocycles. The summed E-state index contributed by atoms with van der Waals surface area (Å²) in [7, 11) is 0. The Morgan fingerprint density at radius 1 is 1.42 bits per heavy atom. The van der Waals surface area contributed by atoms with Gasteiger partial charge in [-0.05, 0) is 23.7 Å². The monoisotopic (exact) mass is 178 g/mol. The zero-order valence-corrected chi connectivity index (χ0v) is 6.67. The Hall–Kier alpha value is -1.71. The summed E-state index contributed by atoms with van der Waals surface area (Å²) in [5.41, 5.74) is -0.0129. The largest absolute Gasteiger partial charge is 0.445 e. The third-order valence-electron chi connectivity index (χ3n) is 1.12. The molecule has 0 bridgehead atoms. The Morgan fingerprint density at radius 3 is 2.50 bits per heavy atom. The van der Waals surface area contributed by atoms with Crippen LogP contribution in [0.15, 0.2) is 22.1 Å². The van der Waals surface area contributed by atoms with Crippen LogP contribution >= 0.6 is 11.6 Å². The molecule has 0 saturated heterocycles. The van der Waals surface area contributed by atoms with Crippen LogP contribution in [-0.4, -0.2) is 0 Å². The summed E-state index contributed by atoms with van der Waals surface area (Å²) in [6.45, 7) is 0. The molecule has 0 spiro atoms. The summed E-state index contributed by atoms with van der Waals surface area (Å²) in [5.74, 6) is 0.401. The number of allylic oxidation sites excluding steroid dienone is 1. The molecule has 1 aromatic heterocycles. The van der Waals surface area contributed by atoms with Crippen LogP contribution in [0.2, 0.25) is 5.22 Å². The van der Waals surface area contributed by atoms with E-state index in [1.807, 2.05) is 0 Å². The van der Waals surface area contributed by atoms with Crippen molar-refractivity contribution in [3.8, 4) is 12.1 Å². The third-order valence-corrected chi connectivity index (χ3v) is 1.32. The summed E-state index contributed by atoms with van der Waals surface area (Å²) in [5, 5.41) is 17.0. The van der Waals surface area contributed by atoms with E-state index in [2.05, 4.69) is 0 Å². The highest BCUT2D eigenvalue weighted by atomic mass is 35.5. The minimum atomic E-state index is -0.0129. The molecule has 0 radical (unpaired) electrons. The molecule has 0 unspecified atom stereocenters. The van der Waals surface area contributed by atoms with Gasteiger partial charge in [0.2, 0.25) is 0 Å². The molecular weight excluding hydrogens is 176 g/mol. The fourth-order valence-electron chi connectivity index (χ4n) is 0.638. The average molecular weight is 179 g/mol. The van der Waals surface area contributed by atoms with Gasteiger partial charge in [-0.15, -0.1) is 0 Å². The summed E-state index contributed by atoms with van der Waals surface area (Å²) in [6.07, 6.45) is 1.33. The maximum atomic E-state index is 8.38. The van der Waals surface area contributed by atoms with Crippen molar-refractivity contribution >= 4 is 17.7 Å². The Balaban J connectivity index is 2.97. The van der Waals surface area contributed by atoms with Crippen molar-refractivity contribution in [1.82, 2.24) is 0 Å². The van der Waals surface area contributed by atoms with Crippen molar-refractivity contribution in [1.29, 1.82) is 10.5 Å². The summed E-state index contributed by atoms with van der Waals surface area (Å²) >= 11 is 5.47. The van der Waals surface area contributed by atoms with E-state index in [0.29, 0.717) is 5.76 Å². The zero-order valence-electron chi connectivity index (χ0n) is 5.91. The van der Waals surface area contributed by atoms with Crippen molar-refractivity contribution in [2.75, 3.05) is 0 Å². The van der Waals surface area contributed by atoms with Gasteiger partial charge in [-0.25, -0.2) is 0 Å². The Labute approximate surface area is 74.1 Å². The highest BCUT2D eigenvalue weighted by Gasteiger charge is 1.98. The molecule has 0 aliphatic rings. The minimum absolute atomic E-state index is 0.0129. The molecule has 4 heteroatoms.